The summed E-state index contributed by atoms with van der Waals surface area (Å²) in [7, 11) is 0. The second kappa shape index (κ2) is 9.39. The first-order valence-electron chi connectivity index (χ1n) is 12.6. The Bertz CT molecular complexity index is 1400. The number of rotatable bonds is 6. The van der Waals surface area contributed by atoms with Crippen LogP contribution in [0.25, 0.3) is 0 Å². The van der Waals surface area contributed by atoms with E-state index in [9.17, 15) is 19.2 Å². The van der Waals surface area contributed by atoms with E-state index in [0.29, 0.717) is 19.6 Å². The van der Waals surface area contributed by atoms with Crippen LogP contribution in [0.4, 0.5) is 4.79 Å². The smallest absolute Gasteiger partial charge is 0.312 e. The molecule has 2 bridgehead atoms. The number of pyridine rings is 1. The molecule has 4 amide bonds. The molecule has 5 heterocycles. The predicted octanol–water partition coefficient (Wildman–Crippen LogP) is 2.84. The highest BCUT2D eigenvalue weighted by molar-refractivity contribution is 7.09. The Balaban J connectivity index is 1.33. The van der Waals surface area contributed by atoms with Crippen molar-refractivity contribution >= 4 is 29.2 Å². The minimum atomic E-state index is -1.42. The van der Waals surface area contributed by atoms with Crippen molar-refractivity contribution in [2.24, 2.45) is 11.3 Å². The van der Waals surface area contributed by atoms with Crippen LogP contribution in [-0.4, -0.2) is 51.8 Å². The standard InChI is InChI=1S/C28H28N4O4S/c33-24-10-4-9-23-21-12-20(16-31(23)24)14-30(17-21)18-28(13-22-8-5-11-37-22)25(34)29-27(36)32(26(28)35)15-19-6-2-1-3-7-19/h1-11,20-21H,12-18H2,(H,29,34,36). The number of imide groups is 2. The second-order valence-corrected chi connectivity index (χ2v) is 11.4. The van der Waals surface area contributed by atoms with Gasteiger partial charge in [-0.25, -0.2) is 4.79 Å². The zero-order chi connectivity index (χ0) is 25.6. The first kappa shape index (κ1) is 23.8. The molecule has 3 unspecified atom stereocenters. The van der Waals surface area contributed by atoms with E-state index in [1.54, 1.807) is 12.1 Å². The number of hydrogen-bond donors (Lipinski definition) is 1. The number of nitrogens with one attached hydrogen (secondary N) is 1. The van der Waals surface area contributed by atoms with Gasteiger partial charge in [0.1, 0.15) is 5.41 Å². The maximum Gasteiger partial charge on any atom is 0.331 e. The van der Waals surface area contributed by atoms with Crippen molar-refractivity contribution in [2.45, 2.75) is 31.8 Å². The average Bonchev–Trinajstić information content (AvgIpc) is 3.40. The van der Waals surface area contributed by atoms with Crippen LogP contribution in [0.5, 0.6) is 0 Å². The van der Waals surface area contributed by atoms with Gasteiger partial charge in [0, 0.05) is 55.2 Å². The second-order valence-electron chi connectivity index (χ2n) is 10.4. The maximum absolute atomic E-state index is 14.1. The van der Waals surface area contributed by atoms with E-state index in [2.05, 4.69) is 10.2 Å². The van der Waals surface area contributed by atoms with Gasteiger partial charge in [-0.1, -0.05) is 42.5 Å². The number of fused-ring (bicyclic) bond motifs is 4. The number of benzene rings is 1. The van der Waals surface area contributed by atoms with Gasteiger partial charge in [0.15, 0.2) is 0 Å². The van der Waals surface area contributed by atoms with Gasteiger partial charge in [0.2, 0.25) is 11.8 Å². The molecule has 3 aliphatic heterocycles. The highest BCUT2D eigenvalue weighted by Crippen LogP contribution is 2.39. The molecule has 3 atom stereocenters. The highest BCUT2D eigenvalue weighted by Gasteiger charge is 2.55. The average molecular weight is 517 g/mol. The maximum atomic E-state index is 14.1. The first-order valence-corrected chi connectivity index (χ1v) is 13.5. The number of nitrogens with zero attached hydrogens (tertiary/aromatic N) is 3. The number of amides is 4. The zero-order valence-corrected chi connectivity index (χ0v) is 21.2. The summed E-state index contributed by atoms with van der Waals surface area (Å²) in [4.78, 5) is 57.3. The Morgan fingerprint density at radius 1 is 0.919 bits per heavy atom. The third kappa shape index (κ3) is 4.32. The molecule has 0 radical (unpaired) electrons. The van der Waals surface area contributed by atoms with Crippen LogP contribution < -0.4 is 10.9 Å². The molecule has 3 aliphatic rings. The molecule has 2 aromatic heterocycles. The summed E-state index contributed by atoms with van der Waals surface area (Å²) >= 11 is 1.50. The minimum Gasteiger partial charge on any atom is -0.312 e. The van der Waals surface area contributed by atoms with Crippen LogP contribution in [0, 0.1) is 11.3 Å². The van der Waals surface area contributed by atoms with Crippen molar-refractivity contribution < 1.29 is 14.4 Å². The van der Waals surface area contributed by atoms with Crippen LogP contribution >= 0.6 is 11.3 Å². The summed E-state index contributed by atoms with van der Waals surface area (Å²) in [6.07, 6.45) is 1.21. The van der Waals surface area contributed by atoms with E-state index >= 15 is 0 Å². The van der Waals surface area contributed by atoms with Gasteiger partial charge in [-0.2, -0.15) is 0 Å². The van der Waals surface area contributed by atoms with Crippen LogP contribution in [0.3, 0.4) is 0 Å². The number of hydrogen-bond acceptors (Lipinski definition) is 6. The number of urea groups is 1. The Labute approximate surface area is 218 Å². The molecule has 1 aromatic carbocycles. The summed E-state index contributed by atoms with van der Waals surface area (Å²) in [5.74, 6) is -0.573. The topological polar surface area (TPSA) is 91.7 Å². The molecule has 1 N–H and O–H groups in total. The summed E-state index contributed by atoms with van der Waals surface area (Å²) < 4.78 is 1.87. The molecule has 2 saturated heterocycles. The third-order valence-electron chi connectivity index (χ3n) is 7.84. The molecule has 0 spiro atoms. The lowest BCUT2D eigenvalue weighted by atomic mass is 9.77. The Hall–Kier alpha value is -3.56. The van der Waals surface area contributed by atoms with Crippen LogP contribution in [-0.2, 0) is 29.1 Å². The van der Waals surface area contributed by atoms with E-state index in [0.717, 1.165) is 22.6 Å². The number of aromatic nitrogens is 1. The first-order chi connectivity index (χ1) is 17.9. The van der Waals surface area contributed by atoms with Gasteiger partial charge in [-0.05, 0) is 35.4 Å². The Morgan fingerprint density at radius 3 is 2.54 bits per heavy atom. The highest BCUT2D eigenvalue weighted by atomic mass is 32.1. The number of carbonyl (C=O) groups excluding carboxylic acids is 3. The van der Waals surface area contributed by atoms with Crippen molar-refractivity contribution in [3.63, 3.8) is 0 Å². The van der Waals surface area contributed by atoms with E-state index in [-0.39, 0.29) is 36.9 Å². The minimum absolute atomic E-state index is 0.0201. The molecule has 9 heteroatoms. The number of barbiturate groups is 1. The van der Waals surface area contributed by atoms with Gasteiger partial charge >= 0.3 is 6.03 Å². The van der Waals surface area contributed by atoms with Crippen LogP contribution in [0.1, 0.15) is 28.5 Å². The van der Waals surface area contributed by atoms with E-state index in [4.69, 9.17) is 0 Å². The number of thiophene rings is 1. The summed E-state index contributed by atoms with van der Waals surface area (Å²) in [6, 6.07) is 17.9. The largest absolute Gasteiger partial charge is 0.331 e. The number of carbonyl (C=O) groups is 3. The number of piperidine rings is 1. The van der Waals surface area contributed by atoms with Crippen molar-refractivity contribution in [2.75, 3.05) is 19.6 Å². The van der Waals surface area contributed by atoms with Crippen molar-refractivity contribution in [1.82, 2.24) is 19.7 Å². The molecular formula is C28H28N4O4S. The molecule has 0 aliphatic carbocycles. The van der Waals surface area contributed by atoms with Gasteiger partial charge in [-0.3, -0.25) is 24.6 Å². The predicted molar refractivity (Wildman–Crippen MR) is 139 cm³/mol. The fourth-order valence-corrected chi connectivity index (χ4v) is 7.03. The van der Waals surface area contributed by atoms with Crippen LogP contribution in [0.15, 0.2) is 70.8 Å². The fraction of sp³-hybridized carbons (Fsp3) is 0.357. The van der Waals surface area contributed by atoms with E-state index in [1.807, 2.05) is 58.5 Å². The third-order valence-corrected chi connectivity index (χ3v) is 8.72. The van der Waals surface area contributed by atoms with Gasteiger partial charge in [-0.15, -0.1) is 11.3 Å². The Morgan fingerprint density at radius 2 is 1.76 bits per heavy atom. The van der Waals surface area contributed by atoms with E-state index in [1.165, 1.54) is 16.2 Å². The molecule has 6 rings (SSSR count). The summed E-state index contributed by atoms with van der Waals surface area (Å²) in [6.45, 7) is 2.30. The fourth-order valence-electron chi connectivity index (χ4n) is 6.21. The monoisotopic (exact) mass is 516 g/mol. The zero-order valence-electron chi connectivity index (χ0n) is 20.3. The quantitative estimate of drug-likeness (QED) is 0.509. The number of likely N-dealkylation sites (tertiary alicyclic amines) is 1. The molecule has 37 heavy (non-hydrogen) atoms. The SMILES string of the molecule is O=C1NC(=O)C(Cc2cccs2)(CN2CC3CC(C2)c2cccc(=O)n2C3)C(=O)N1Cc1ccccc1. The van der Waals surface area contributed by atoms with Crippen LogP contribution in [0.2, 0.25) is 0 Å². The molecule has 0 saturated carbocycles. The normalized spacial score (nSPS) is 25.6. The van der Waals surface area contributed by atoms with Crippen molar-refractivity contribution in [1.29, 1.82) is 0 Å². The lowest BCUT2D eigenvalue weighted by molar-refractivity contribution is -0.154. The summed E-state index contributed by atoms with van der Waals surface area (Å²) in [5, 5.41) is 4.44. The van der Waals surface area contributed by atoms with Gasteiger partial charge in [0.25, 0.3) is 5.56 Å². The lowest BCUT2D eigenvalue weighted by Crippen LogP contribution is -2.67. The van der Waals surface area contributed by atoms with Crippen molar-refractivity contribution in [3.05, 3.63) is 92.5 Å². The molecule has 3 aromatic rings. The molecule has 2 fully saturated rings. The summed E-state index contributed by atoms with van der Waals surface area (Å²) in [5.41, 5.74) is 0.433. The molecule has 8 nitrogen and oxygen atoms in total. The Kier molecular flexibility index (Phi) is 6.04. The lowest BCUT2D eigenvalue weighted by Gasteiger charge is -2.47. The van der Waals surface area contributed by atoms with Gasteiger partial charge < -0.3 is 9.47 Å². The van der Waals surface area contributed by atoms with Gasteiger partial charge in [0.05, 0.1) is 6.54 Å². The molecular weight excluding hydrogens is 488 g/mol. The van der Waals surface area contributed by atoms with E-state index < -0.39 is 23.3 Å². The molecule has 190 valence electrons. The van der Waals surface area contributed by atoms with Crippen molar-refractivity contribution in [3.8, 4) is 0 Å².